The molecular formula is C3H8NOS-. The first-order valence-corrected chi connectivity index (χ1v) is 3.03. The molecule has 0 aromatic heterocycles. The number of rotatable bonds is 0. The molecule has 0 radical (unpaired) electrons. The van der Waals surface area contributed by atoms with Crippen molar-refractivity contribution in [2.75, 3.05) is 12.9 Å². The monoisotopic (exact) mass is 106 g/mol. The summed E-state index contributed by atoms with van der Waals surface area (Å²) in [6.45, 7) is 1.87. The van der Waals surface area contributed by atoms with E-state index in [0.717, 1.165) is 0 Å². The molecule has 6 heavy (non-hydrogen) atoms. The Hall–Kier alpha value is 0.0200. The molecule has 0 aromatic rings. The highest BCUT2D eigenvalue weighted by atomic mass is 32.2. The van der Waals surface area contributed by atoms with Gasteiger partial charge in [0.15, 0.2) is 0 Å². The lowest BCUT2D eigenvalue weighted by Gasteiger charge is -2.03. The molecule has 0 rings (SSSR count). The fourth-order valence-corrected chi connectivity index (χ4v) is 0.354. The zero-order valence-electron chi connectivity index (χ0n) is 3.97. The van der Waals surface area contributed by atoms with Crippen molar-refractivity contribution < 1.29 is 4.18 Å². The molecule has 0 aromatic carbocycles. The van der Waals surface area contributed by atoms with Crippen molar-refractivity contribution in [3.8, 4) is 0 Å². The van der Waals surface area contributed by atoms with Crippen molar-refractivity contribution in [3.05, 3.63) is 0 Å². The molecule has 0 aliphatic carbocycles. The van der Waals surface area contributed by atoms with Crippen LogP contribution in [-0.4, -0.2) is 12.9 Å². The molecule has 0 N–H and O–H groups in total. The van der Waals surface area contributed by atoms with Gasteiger partial charge in [0.05, 0.1) is 0 Å². The Morgan fingerprint density at radius 1 is 1.83 bits per heavy atom. The highest BCUT2D eigenvalue weighted by Crippen LogP contribution is 1.74. The minimum Gasteiger partial charge on any atom is -0.463 e. The molecule has 0 atom stereocenters. The van der Waals surface area contributed by atoms with Gasteiger partial charge in [-0.2, -0.15) is 10.8 Å². The molecule has 0 aliphatic rings. The summed E-state index contributed by atoms with van der Waals surface area (Å²) >= 11 is 0. The van der Waals surface area contributed by atoms with E-state index in [2.05, 4.69) is 4.18 Å². The smallest absolute Gasteiger partial charge is 0.0124 e. The topological polar surface area (TPSA) is 33.0 Å². The van der Waals surface area contributed by atoms with Gasteiger partial charge < -0.3 is 8.79 Å². The van der Waals surface area contributed by atoms with Crippen LogP contribution in [0.3, 0.4) is 0 Å². The van der Waals surface area contributed by atoms with Crippen LogP contribution in [0.15, 0.2) is 0 Å². The third-order valence-corrected chi connectivity index (χ3v) is 1.32. The van der Waals surface area contributed by atoms with Crippen LogP contribution in [0.5, 0.6) is 0 Å². The van der Waals surface area contributed by atoms with Gasteiger partial charge in [-0.1, -0.05) is 12.7 Å². The summed E-state index contributed by atoms with van der Waals surface area (Å²) in [6.07, 6.45) is 0. The van der Waals surface area contributed by atoms with E-state index < -0.39 is 10.8 Å². The van der Waals surface area contributed by atoms with Gasteiger partial charge in [-0.3, -0.25) is 0 Å². The van der Waals surface area contributed by atoms with E-state index >= 15 is 0 Å². The van der Waals surface area contributed by atoms with Gasteiger partial charge in [-0.05, 0) is 0 Å². The third-order valence-electron chi connectivity index (χ3n) is 0.439. The average molecular weight is 106 g/mol. The van der Waals surface area contributed by atoms with Crippen molar-refractivity contribution >= 4 is 10.8 Å². The second-order valence-electron chi connectivity index (χ2n) is 0.777. The molecule has 0 saturated carbocycles. The highest BCUT2D eigenvalue weighted by Gasteiger charge is 1.59. The summed E-state index contributed by atoms with van der Waals surface area (Å²) in [5, 5.41) is 0. The third kappa shape index (κ3) is 2.27. The summed E-state index contributed by atoms with van der Waals surface area (Å²) in [5.74, 6) is 0.691. The predicted molar refractivity (Wildman–Crippen MR) is 26.6 cm³/mol. The van der Waals surface area contributed by atoms with Crippen molar-refractivity contribution in [3.63, 3.8) is 0 Å². The van der Waals surface area contributed by atoms with Gasteiger partial charge in [0, 0.05) is 7.11 Å². The van der Waals surface area contributed by atoms with Crippen molar-refractivity contribution in [1.29, 1.82) is 4.61 Å². The zero-order valence-corrected chi connectivity index (χ0v) is 4.79. The summed E-state index contributed by atoms with van der Waals surface area (Å²) in [7, 11) is 0.709. The van der Waals surface area contributed by atoms with E-state index in [4.69, 9.17) is 4.61 Å². The number of hydrogen-bond acceptors (Lipinski definition) is 3. The van der Waals surface area contributed by atoms with Crippen LogP contribution in [0, 0.1) is 4.61 Å². The molecule has 2 nitrogen and oxygen atoms in total. The van der Waals surface area contributed by atoms with Crippen molar-refractivity contribution in [2.24, 2.45) is 0 Å². The minimum atomic E-state index is -0.784. The number of hydrogen-bond donors (Lipinski definition) is 0. The molecule has 0 amide bonds. The molecule has 0 heterocycles. The number of nitrogens with zero attached hydrogens (tertiary/aromatic N) is 1. The standard InChI is InChI=1S/C3H8NOS/c1-3-6(4)5-2/h3H2,1-2H3/q-1. The lowest BCUT2D eigenvalue weighted by Crippen LogP contribution is -1.87. The Morgan fingerprint density at radius 2 is 2.33 bits per heavy atom. The lowest BCUT2D eigenvalue weighted by atomic mass is 11.0. The summed E-state index contributed by atoms with van der Waals surface area (Å²) in [4.78, 5) is 0. The van der Waals surface area contributed by atoms with Crippen LogP contribution >= 0.6 is 0 Å². The maximum absolute atomic E-state index is 8.47. The average Bonchev–Trinajstić information content (AvgIpc) is 1.65. The largest absolute Gasteiger partial charge is 0.463 e. The quantitative estimate of drug-likeness (QED) is 0.425. The predicted octanol–water partition coefficient (Wildman–Crippen LogP) is 0.665. The van der Waals surface area contributed by atoms with Crippen molar-refractivity contribution in [2.45, 2.75) is 6.92 Å². The van der Waals surface area contributed by atoms with Crippen LogP contribution in [0.4, 0.5) is 0 Å². The minimum absolute atomic E-state index is 0.691. The van der Waals surface area contributed by atoms with Gasteiger partial charge in [0.1, 0.15) is 0 Å². The van der Waals surface area contributed by atoms with Gasteiger partial charge in [0.2, 0.25) is 0 Å². The molecule has 0 unspecified atom stereocenters. The molecule has 0 bridgehead atoms. The molecule has 38 valence electrons. The molecule has 0 aliphatic heterocycles. The first kappa shape index (κ1) is 6.02. The maximum Gasteiger partial charge on any atom is 0.0124 e. The first-order valence-electron chi connectivity index (χ1n) is 1.75. The first-order chi connectivity index (χ1) is 2.81. The fourth-order valence-electron chi connectivity index (χ4n) is 0.118. The summed E-state index contributed by atoms with van der Waals surface area (Å²) < 4.78 is 13.0. The zero-order chi connectivity index (χ0) is 4.99. The van der Waals surface area contributed by atoms with Gasteiger partial charge in [-0.25, -0.2) is 0 Å². The second-order valence-corrected chi connectivity index (χ2v) is 2.33. The Morgan fingerprint density at radius 3 is 2.33 bits per heavy atom. The Labute approximate surface area is 40.3 Å². The van der Waals surface area contributed by atoms with Gasteiger partial charge in [0.25, 0.3) is 0 Å². The van der Waals surface area contributed by atoms with Crippen LogP contribution in [0.2, 0.25) is 0 Å². The normalized spacial score (nSPS) is 9.67. The molecule has 0 spiro atoms. The van der Waals surface area contributed by atoms with Crippen LogP contribution in [-0.2, 0) is 15.0 Å². The van der Waals surface area contributed by atoms with E-state index in [1.165, 1.54) is 7.11 Å². The maximum atomic E-state index is 8.47. The molecule has 0 fully saturated rings. The van der Waals surface area contributed by atoms with Crippen LogP contribution in [0.25, 0.3) is 0 Å². The lowest BCUT2D eigenvalue weighted by molar-refractivity contribution is 0.480. The van der Waals surface area contributed by atoms with E-state index in [1.807, 2.05) is 6.92 Å². The van der Waals surface area contributed by atoms with Crippen LogP contribution in [0.1, 0.15) is 6.92 Å². The highest BCUT2D eigenvalue weighted by molar-refractivity contribution is 7.78. The van der Waals surface area contributed by atoms with E-state index in [0.29, 0.717) is 5.75 Å². The fraction of sp³-hybridized carbons (Fsp3) is 1.00. The second kappa shape index (κ2) is 3.22. The van der Waals surface area contributed by atoms with E-state index in [1.54, 1.807) is 0 Å². The van der Waals surface area contributed by atoms with Crippen molar-refractivity contribution in [1.82, 2.24) is 0 Å². The Balaban J connectivity index is 3.08. The molecule has 3 heteroatoms. The van der Waals surface area contributed by atoms with E-state index in [-0.39, 0.29) is 0 Å². The molecular weight excluding hydrogens is 98.1 g/mol. The Bertz CT molecular complexity index is 74.5. The Kier molecular flexibility index (Phi) is 3.23. The summed E-state index contributed by atoms with van der Waals surface area (Å²) in [5.41, 5.74) is 0. The van der Waals surface area contributed by atoms with E-state index in [9.17, 15) is 0 Å². The van der Waals surface area contributed by atoms with Gasteiger partial charge >= 0.3 is 0 Å². The van der Waals surface area contributed by atoms with Crippen LogP contribution < -0.4 is 0 Å². The van der Waals surface area contributed by atoms with Gasteiger partial charge in [-0.15, -0.1) is 0 Å². The SMILES string of the molecule is CC[S-](#N)OC. The summed E-state index contributed by atoms with van der Waals surface area (Å²) in [6, 6.07) is 0. The molecule has 0 saturated heterocycles.